The fourth-order valence-electron chi connectivity index (χ4n) is 2.32. The van der Waals surface area contributed by atoms with E-state index < -0.39 is 47.9 Å². The van der Waals surface area contributed by atoms with Gasteiger partial charge in [-0.15, -0.1) is 0 Å². The lowest BCUT2D eigenvalue weighted by Gasteiger charge is -2.18. The highest BCUT2D eigenvalue weighted by Crippen LogP contribution is 2.27. The first-order valence-electron chi connectivity index (χ1n) is 10.3. The minimum absolute atomic E-state index is 0.0271. The van der Waals surface area contributed by atoms with Crippen LogP contribution in [0.3, 0.4) is 0 Å². The summed E-state index contributed by atoms with van der Waals surface area (Å²) in [5, 5.41) is 2.18. The molecule has 13 heteroatoms. The minimum Gasteiger partial charge on any atom is -0.447 e. The quantitative estimate of drug-likeness (QED) is 0.149. The molecule has 1 amide bonds. The van der Waals surface area contributed by atoms with E-state index in [1.807, 2.05) is 0 Å². The number of hydrogen-bond acceptors (Lipinski definition) is 9. The number of aryl methyl sites for hydroxylation is 1. The van der Waals surface area contributed by atoms with Gasteiger partial charge < -0.3 is 38.5 Å². The topological polar surface area (TPSA) is 111 Å². The smallest absolute Gasteiger partial charge is 0.408 e. The summed E-state index contributed by atoms with van der Waals surface area (Å²) in [4.78, 5) is 24.5. The van der Waals surface area contributed by atoms with Gasteiger partial charge in [-0.2, -0.15) is 4.39 Å². The van der Waals surface area contributed by atoms with E-state index in [-0.39, 0.29) is 32.0 Å². The third-order valence-electron chi connectivity index (χ3n) is 4.06. The molecule has 1 aromatic carbocycles. The molecule has 0 fully saturated rings. The van der Waals surface area contributed by atoms with Crippen molar-refractivity contribution in [3.05, 3.63) is 29.1 Å². The number of alkyl carbamates (subject to hydrolysis) is 1. The maximum absolute atomic E-state index is 14.2. The predicted molar refractivity (Wildman–Crippen MR) is 111 cm³/mol. The second kappa shape index (κ2) is 17.1. The molecule has 1 atom stereocenters. The Bertz CT molecular complexity index is 741. The van der Waals surface area contributed by atoms with Gasteiger partial charge in [-0.3, -0.25) is 0 Å². The molecule has 10 nitrogen and oxygen atoms in total. The zero-order chi connectivity index (χ0) is 25.3. The maximum atomic E-state index is 14.2. The van der Waals surface area contributed by atoms with E-state index in [1.165, 1.54) is 21.1 Å². The van der Waals surface area contributed by atoms with Crippen molar-refractivity contribution in [1.82, 2.24) is 5.32 Å². The van der Waals surface area contributed by atoms with Crippen LogP contribution >= 0.6 is 0 Å². The molecule has 0 aliphatic heterocycles. The second-order valence-corrected chi connectivity index (χ2v) is 6.67. The summed E-state index contributed by atoms with van der Waals surface area (Å²) in [7, 11) is 3.02. The Kier molecular flexibility index (Phi) is 14.8. The fraction of sp³-hybridized carbons (Fsp3) is 0.619. The zero-order valence-electron chi connectivity index (χ0n) is 19.3. The van der Waals surface area contributed by atoms with E-state index in [0.29, 0.717) is 32.5 Å². The predicted octanol–water partition coefficient (Wildman–Crippen LogP) is 1.76. The lowest BCUT2D eigenvalue weighted by atomic mass is 10.2. The van der Waals surface area contributed by atoms with Gasteiger partial charge in [0.1, 0.15) is 6.61 Å². The van der Waals surface area contributed by atoms with Gasteiger partial charge >= 0.3 is 12.1 Å². The highest BCUT2D eigenvalue weighted by Gasteiger charge is 2.28. The summed E-state index contributed by atoms with van der Waals surface area (Å²) >= 11 is 0. The number of methoxy groups -OCH3 is 2. The standard InChI is InChI=1S/C21H30F3NO9/c1-14-12-15(22)18(24)19(17(14)23)34-20(26)16(13-32-9-8-30-6-4-28-2)25-21(27)33-11-10-31-7-5-29-3/h12,16H,4-11,13H2,1-3H3,(H,25,27)/t16-/m0/s1. The van der Waals surface area contributed by atoms with Crippen LogP contribution in [0.2, 0.25) is 0 Å². The van der Waals surface area contributed by atoms with Gasteiger partial charge in [0.15, 0.2) is 17.7 Å². The summed E-state index contributed by atoms with van der Waals surface area (Å²) in [6.07, 6.45) is -1.03. The SMILES string of the molecule is COCCOCCOC[C@H](NC(=O)OCCOCCOC)C(=O)Oc1c(F)c(C)cc(F)c1F. The van der Waals surface area contributed by atoms with Crippen molar-refractivity contribution >= 4 is 12.1 Å². The molecule has 0 aliphatic carbocycles. The average molecular weight is 497 g/mol. The third-order valence-corrected chi connectivity index (χ3v) is 4.06. The maximum Gasteiger partial charge on any atom is 0.408 e. The number of hydrogen-bond donors (Lipinski definition) is 1. The van der Waals surface area contributed by atoms with E-state index in [4.69, 9.17) is 33.2 Å². The van der Waals surface area contributed by atoms with E-state index in [0.717, 1.165) is 0 Å². The van der Waals surface area contributed by atoms with E-state index in [2.05, 4.69) is 5.32 Å². The molecule has 0 radical (unpaired) electrons. The van der Waals surface area contributed by atoms with Crippen molar-refractivity contribution in [2.75, 3.05) is 73.7 Å². The van der Waals surface area contributed by atoms with Crippen LogP contribution in [0, 0.1) is 24.4 Å². The number of carbonyl (C=O) groups excluding carboxylic acids is 2. The number of ether oxygens (including phenoxy) is 7. The molecule has 1 N–H and O–H groups in total. The van der Waals surface area contributed by atoms with Crippen LogP contribution in [0.25, 0.3) is 0 Å². The third kappa shape index (κ3) is 11.1. The van der Waals surface area contributed by atoms with Crippen molar-refractivity contribution in [1.29, 1.82) is 0 Å². The van der Waals surface area contributed by atoms with Gasteiger partial charge in [0, 0.05) is 14.2 Å². The van der Waals surface area contributed by atoms with Crippen molar-refractivity contribution in [2.45, 2.75) is 13.0 Å². The Hall–Kier alpha value is -2.45. The van der Waals surface area contributed by atoms with E-state index >= 15 is 0 Å². The molecule has 0 saturated heterocycles. The Labute approximate surface area is 195 Å². The van der Waals surface area contributed by atoms with Gasteiger partial charge in [-0.25, -0.2) is 18.4 Å². The number of amides is 1. The van der Waals surface area contributed by atoms with Crippen molar-refractivity contribution in [3.63, 3.8) is 0 Å². The van der Waals surface area contributed by atoms with Crippen LogP contribution in [-0.4, -0.2) is 91.8 Å². The van der Waals surface area contributed by atoms with Gasteiger partial charge in [0.05, 0.1) is 52.9 Å². The molecule has 1 aromatic rings. The van der Waals surface area contributed by atoms with Crippen LogP contribution in [0.15, 0.2) is 6.07 Å². The molecule has 34 heavy (non-hydrogen) atoms. The summed E-state index contributed by atoms with van der Waals surface area (Å²) in [5.41, 5.74) is -0.274. The number of halogens is 3. The Balaban J connectivity index is 2.71. The molecule has 0 saturated carbocycles. The molecule has 1 rings (SSSR count). The first-order chi connectivity index (χ1) is 16.3. The average Bonchev–Trinajstić information content (AvgIpc) is 2.81. The molecule has 0 aromatic heterocycles. The first kappa shape index (κ1) is 29.6. The number of benzene rings is 1. The normalized spacial score (nSPS) is 11.8. The minimum atomic E-state index is -1.68. The Morgan fingerprint density at radius 2 is 1.41 bits per heavy atom. The monoisotopic (exact) mass is 497 g/mol. The lowest BCUT2D eigenvalue weighted by Crippen LogP contribution is -2.46. The molecule has 194 valence electrons. The number of rotatable bonds is 17. The number of carbonyl (C=O) groups is 2. The first-order valence-corrected chi connectivity index (χ1v) is 10.3. The fourth-order valence-corrected chi connectivity index (χ4v) is 2.32. The highest BCUT2D eigenvalue weighted by molar-refractivity contribution is 5.83. The van der Waals surface area contributed by atoms with Crippen LogP contribution < -0.4 is 10.1 Å². The van der Waals surface area contributed by atoms with Gasteiger partial charge in [0.25, 0.3) is 0 Å². The summed E-state index contributed by atoms with van der Waals surface area (Å²) in [6.45, 7) is 2.19. The van der Waals surface area contributed by atoms with Crippen molar-refractivity contribution in [2.24, 2.45) is 0 Å². The number of nitrogens with one attached hydrogen (secondary N) is 1. The molecule has 0 heterocycles. The lowest BCUT2D eigenvalue weighted by molar-refractivity contribution is -0.139. The molecule has 0 bridgehead atoms. The van der Waals surface area contributed by atoms with Gasteiger partial charge in [0.2, 0.25) is 11.6 Å². The largest absolute Gasteiger partial charge is 0.447 e. The second-order valence-electron chi connectivity index (χ2n) is 6.67. The summed E-state index contributed by atoms with van der Waals surface area (Å²) in [5.74, 6) is -6.86. The molecule has 0 aliphatic rings. The van der Waals surface area contributed by atoms with Crippen LogP contribution in [0.4, 0.5) is 18.0 Å². The summed E-state index contributed by atoms with van der Waals surface area (Å²) < 4.78 is 76.6. The van der Waals surface area contributed by atoms with Gasteiger partial charge in [-0.05, 0) is 18.6 Å². The van der Waals surface area contributed by atoms with Crippen molar-refractivity contribution < 1.29 is 55.9 Å². The molecule has 0 spiro atoms. The highest BCUT2D eigenvalue weighted by atomic mass is 19.2. The van der Waals surface area contributed by atoms with E-state index in [9.17, 15) is 22.8 Å². The van der Waals surface area contributed by atoms with Crippen LogP contribution in [0.5, 0.6) is 5.75 Å². The molecule has 0 unspecified atom stereocenters. The molecular formula is C21H30F3NO9. The number of esters is 1. The summed E-state index contributed by atoms with van der Waals surface area (Å²) in [6, 6.07) is -0.903. The Morgan fingerprint density at radius 3 is 2.03 bits per heavy atom. The Morgan fingerprint density at radius 1 is 0.853 bits per heavy atom. The van der Waals surface area contributed by atoms with Crippen LogP contribution in [0.1, 0.15) is 5.56 Å². The van der Waals surface area contributed by atoms with Gasteiger partial charge in [-0.1, -0.05) is 0 Å². The van der Waals surface area contributed by atoms with E-state index in [1.54, 1.807) is 0 Å². The van der Waals surface area contributed by atoms with Crippen molar-refractivity contribution in [3.8, 4) is 5.75 Å². The zero-order valence-corrected chi connectivity index (χ0v) is 19.3. The molecular weight excluding hydrogens is 467 g/mol. The van der Waals surface area contributed by atoms with Crippen LogP contribution in [-0.2, 0) is 33.2 Å².